The quantitative estimate of drug-likeness (QED) is 0.742. The lowest BCUT2D eigenvalue weighted by atomic mass is 10.1. The molecular weight excluding hydrogens is 290 g/mol. The first-order valence-electron chi connectivity index (χ1n) is 7.54. The molecule has 3 aromatic rings. The Morgan fingerprint density at radius 3 is 2.61 bits per heavy atom. The van der Waals surface area contributed by atoms with Gasteiger partial charge >= 0.3 is 0 Å². The highest BCUT2D eigenvalue weighted by Gasteiger charge is 2.22. The van der Waals surface area contributed by atoms with Crippen LogP contribution in [0.1, 0.15) is 5.56 Å². The molecule has 0 spiro atoms. The van der Waals surface area contributed by atoms with E-state index in [1.54, 1.807) is 14.2 Å². The molecule has 1 aromatic heterocycles. The Kier molecular flexibility index (Phi) is 3.26. The molecule has 1 aliphatic rings. The van der Waals surface area contributed by atoms with Gasteiger partial charge in [0.25, 0.3) is 0 Å². The second-order valence-corrected chi connectivity index (χ2v) is 5.48. The van der Waals surface area contributed by atoms with Gasteiger partial charge in [-0.1, -0.05) is 18.2 Å². The van der Waals surface area contributed by atoms with Crippen molar-refractivity contribution in [3.63, 3.8) is 0 Å². The number of para-hydroxylation sites is 1. The van der Waals surface area contributed by atoms with E-state index in [2.05, 4.69) is 39.4 Å². The standard InChI is InChI=1S/C18H17N3O2/c1-22-17-9-13-14(10-18(17)23-2)20-19-11-16(13)21-8-7-12-5-3-4-6-15(12)21/h3-6,9-11H,7-8H2,1-2H3. The highest BCUT2D eigenvalue weighted by atomic mass is 16.5. The largest absolute Gasteiger partial charge is 0.493 e. The van der Waals surface area contributed by atoms with Gasteiger partial charge in [-0.2, -0.15) is 10.2 Å². The molecule has 0 N–H and O–H groups in total. The minimum Gasteiger partial charge on any atom is -0.493 e. The van der Waals surface area contributed by atoms with Crippen LogP contribution in [0.25, 0.3) is 10.9 Å². The summed E-state index contributed by atoms with van der Waals surface area (Å²) in [6.07, 6.45) is 2.85. The second kappa shape index (κ2) is 5.43. The molecule has 4 rings (SSSR count). The zero-order valence-electron chi connectivity index (χ0n) is 13.1. The van der Waals surface area contributed by atoms with Crippen LogP contribution in [0.2, 0.25) is 0 Å². The van der Waals surface area contributed by atoms with E-state index >= 15 is 0 Å². The van der Waals surface area contributed by atoms with Gasteiger partial charge in [-0.3, -0.25) is 0 Å². The molecule has 2 heterocycles. The predicted molar refractivity (Wildman–Crippen MR) is 89.8 cm³/mol. The first-order chi connectivity index (χ1) is 11.3. The lowest BCUT2D eigenvalue weighted by molar-refractivity contribution is 0.355. The fraction of sp³-hybridized carbons (Fsp3) is 0.222. The van der Waals surface area contributed by atoms with Crippen LogP contribution in [-0.2, 0) is 6.42 Å². The molecule has 0 unspecified atom stereocenters. The van der Waals surface area contributed by atoms with Gasteiger partial charge in [0.05, 0.1) is 31.6 Å². The maximum Gasteiger partial charge on any atom is 0.162 e. The molecule has 5 heteroatoms. The fourth-order valence-electron chi connectivity index (χ4n) is 3.18. The molecule has 0 fully saturated rings. The molecule has 0 saturated heterocycles. The molecule has 0 saturated carbocycles. The van der Waals surface area contributed by atoms with Gasteiger partial charge in [-0.25, -0.2) is 0 Å². The van der Waals surface area contributed by atoms with E-state index < -0.39 is 0 Å². The molecule has 23 heavy (non-hydrogen) atoms. The molecular formula is C18H17N3O2. The summed E-state index contributed by atoms with van der Waals surface area (Å²) in [4.78, 5) is 2.29. The molecule has 0 radical (unpaired) electrons. The van der Waals surface area contributed by atoms with Crippen molar-refractivity contribution in [1.29, 1.82) is 0 Å². The van der Waals surface area contributed by atoms with E-state index in [4.69, 9.17) is 9.47 Å². The average Bonchev–Trinajstić information content (AvgIpc) is 3.03. The van der Waals surface area contributed by atoms with E-state index in [1.807, 2.05) is 18.3 Å². The van der Waals surface area contributed by atoms with Crippen LogP contribution in [0.5, 0.6) is 11.5 Å². The summed E-state index contributed by atoms with van der Waals surface area (Å²) in [5, 5.41) is 9.42. The Balaban J connectivity index is 1.91. The van der Waals surface area contributed by atoms with Crippen LogP contribution in [0, 0.1) is 0 Å². The number of aromatic nitrogens is 2. The third kappa shape index (κ3) is 2.16. The number of rotatable bonds is 3. The van der Waals surface area contributed by atoms with Crippen LogP contribution < -0.4 is 14.4 Å². The first-order valence-corrected chi connectivity index (χ1v) is 7.54. The number of hydrogen-bond donors (Lipinski definition) is 0. The van der Waals surface area contributed by atoms with Gasteiger partial charge in [0.15, 0.2) is 11.5 Å². The zero-order chi connectivity index (χ0) is 15.8. The number of benzene rings is 2. The molecule has 0 aliphatic carbocycles. The fourth-order valence-corrected chi connectivity index (χ4v) is 3.18. The maximum atomic E-state index is 5.44. The average molecular weight is 307 g/mol. The summed E-state index contributed by atoms with van der Waals surface area (Å²) < 4.78 is 10.8. The Labute approximate surface area is 134 Å². The summed E-state index contributed by atoms with van der Waals surface area (Å²) in [6.45, 7) is 0.939. The number of ether oxygens (including phenoxy) is 2. The molecule has 1 aliphatic heterocycles. The van der Waals surface area contributed by atoms with E-state index in [9.17, 15) is 0 Å². The first kappa shape index (κ1) is 13.8. The highest BCUT2D eigenvalue weighted by Crippen LogP contribution is 2.40. The van der Waals surface area contributed by atoms with Crippen molar-refractivity contribution in [1.82, 2.24) is 10.2 Å². The molecule has 0 amide bonds. The van der Waals surface area contributed by atoms with Gasteiger partial charge in [0.2, 0.25) is 0 Å². The summed E-state index contributed by atoms with van der Waals surface area (Å²) in [5.41, 5.74) is 4.43. The van der Waals surface area contributed by atoms with Gasteiger partial charge in [-0.15, -0.1) is 0 Å². The van der Waals surface area contributed by atoms with E-state index in [0.29, 0.717) is 11.5 Å². The highest BCUT2D eigenvalue weighted by molar-refractivity contribution is 5.95. The third-order valence-corrected chi connectivity index (χ3v) is 4.30. The van der Waals surface area contributed by atoms with Crippen molar-refractivity contribution in [3.8, 4) is 11.5 Å². The normalized spacial score (nSPS) is 13.2. The smallest absolute Gasteiger partial charge is 0.162 e. The Morgan fingerprint density at radius 1 is 1.00 bits per heavy atom. The summed E-state index contributed by atoms with van der Waals surface area (Å²) >= 11 is 0. The number of anilines is 2. The van der Waals surface area contributed by atoms with E-state index in [1.165, 1.54) is 11.3 Å². The molecule has 0 bridgehead atoms. The Bertz CT molecular complexity index is 879. The predicted octanol–water partition coefficient (Wildman–Crippen LogP) is 3.34. The lowest BCUT2D eigenvalue weighted by Crippen LogP contribution is -2.14. The van der Waals surface area contributed by atoms with Crippen LogP contribution >= 0.6 is 0 Å². The van der Waals surface area contributed by atoms with Gasteiger partial charge in [0.1, 0.15) is 0 Å². The monoisotopic (exact) mass is 307 g/mol. The maximum absolute atomic E-state index is 5.44. The topological polar surface area (TPSA) is 47.5 Å². The molecule has 0 atom stereocenters. The van der Waals surface area contributed by atoms with Gasteiger partial charge in [0, 0.05) is 23.7 Å². The lowest BCUT2D eigenvalue weighted by Gasteiger charge is -2.21. The molecule has 116 valence electrons. The number of methoxy groups -OCH3 is 2. The number of nitrogens with zero attached hydrogens (tertiary/aromatic N) is 3. The zero-order valence-corrected chi connectivity index (χ0v) is 13.1. The summed E-state index contributed by atoms with van der Waals surface area (Å²) in [7, 11) is 3.26. The summed E-state index contributed by atoms with van der Waals surface area (Å²) in [5.74, 6) is 1.36. The van der Waals surface area contributed by atoms with Crippen molar-refractivity contribution in [2.75, 3.05) is 25.7 Å². The van der Waals surface area contributed by atoms with Gasteiger partial charge < -0.3 is 14.4 Å². The minimum atomic E-state index is 0.660. The minimum absolute atomic E-state index is 0.660. The summed E-state index contributed by atoms with van der Waals surface area (Å²) in [6, 6.07) is 12.3. The second-order valence-electron chi connectivity index (χ2n) is 5.48. The molecule has 5 nitrogen and oxygen atoms in total. The van der Waals surface area contributed by atoms with Gasteiger partial charge in [-0.05, 0) is 24.1 Å². The van der Waals surface area contributed by atoms with Crippen LogP contribution in [0.4, 0.5) is 11.4 Å². The van der Waals surface area contributed by atoms with Crippen molar-refractivity contribution >= 4 is 22.3 Å². The number of fused-ring (bicyclic) bond motifs is 2. The van der Waals surface area contributed by atoms with E-state index in [0.717, 1.165) is 29.6 Å². The van der Waals surface area contributed by atoms with E-state index in [-0.39, 0.29) is 0 Å². The SMILES string of the molecule is COc1cc2nncc(N3CCc4ccccc43)c2cc1OC. The van der Waals surface area contributed by atoms with Crippen LogP contribution in [-0.4, -0.2) is 31.0 Å². The Morgan fingerprint density at radius 2 is 1.78 bits per heavy atom. The molecule has 2 aromatic carbocycles. The van der Waals surface area contributed by atoms with Crippen LogP contribution in [0.3, 0.4) is 0 Å². The Hall–Kier alpha value is -2.82. The van der Waals surface area contributed by atoms with Crippen molar-refractivity contribution in [2.45, 2.75) is 6.42 Å². The van der Waals surface area contributed by atoms with Crippen LogP contribution in [0.15, 0.2) is 42.6 Å². The number of hydrogen-bond acceptors (Lipinski definition) is 5. The third-order valence-electron chi connectivity index (χ3n) is 4.30. The van der Waals surface area contributed by atoms with Crippen molar-refractivity contribution < 1.29 is 9.47 Å². The van der Waals surface area contributed by atoms with Crippen molar-refractivity contribution in [3.05, 3.63) is 48.2 Å². The van der Waals surface area contributed by atoms with Crippen molar-refractivity contribution in [2.24, 2.45) is 0 Å².